The highest BCUT2D eigenvalue weighted by molar-refractivity contribution is 8.23. The average Bonchev–Trinajstić information content (AvgIpc) is 2.45. The van der Waals surface area contributed by atoms with E-state index in [1.165, 1.54) is 11.8 Å². The van der Waals surface area contributed by atoms with Gasteiger partial charge in [0.15, 0.2) is 0 Å². The molecule has 0 amide bonds. The molecular formula is C14H16N2O3S2. The van der Waals surface area contributed by atoms with Crippen LogP contribution in [0, 0.1) is 5.92 Å². The van der Waals surface area contributed by atoms with Gasteiger partial charge in [-0.25, -0.2) is 0 Å². The third kappa shape index (κ3) is 2.98. The first kappa shape index (κ1) is 14.6. The zero-order valence-electron chi connectivity index (χ0n) is 11.4. The van der Waals surface area contributed by atoms with Crippen LogP contribution in [0.5, 0.6) is 0 Å². The largest absolute Gasteiger partial charge is 0.481 e. The molecule has 2 bridgehead atoms. The van der Waals surface area contributed by atoms with Crippen LogP contribution in [0.4, 0.5) is 0 Å². The van der Waals surface area contributed by atoms with Gasteiger partial charge in [-0.3, -0.25) is 9.59 Å². The van der Waals surface area contributed by atoms with E-state index in [1.807, 2.05) is 16.7 Å². The van der Waals surface area contributed by atoms with Gasteiger partial charge in [0.25, 0.3) is 5.56 Å². The van der Waals surface area contributed by atoms with Crippen molar-refractivity contribution in [1.82, 2.24) is 9.47 Å². The lowest BCUT2D eigenvalue weighted by atomic mass is 9.83. The number of thioether (sulfide) groups is 1. The van der Waals surface area contributed by atoms with Crippen molar-refractivity contribution in [1.29, 1.82) is 0 Å². The number of thiocarbonyl (C=S) groups is 1. The second kappa shape index (κ2) is 5.81. The number of likely N-dealkylation sites (tertiary alicyclic amines) is 1. The maximum absolute atomic E-state index is 11.9. The fourth-order valence-corrected chi connectivity index (χ4v) is 4.16. The molecule has 1 fully saturated rings. The number of fused-ring (bicyclic) bond motifs is 4. The lowest BCUT2D eigenvalue weighted by molar-refractivity contribution is -0.133. The summed E-state index contributed by atoms with van der Waals surface area (Å²) < 4.78 is 2.53. The molecule has 0 unspecified atom stereocenters. The number of carboxylic acid groups (broad SMARTS) is 1. The third-order valence-corrected chi connectivity index (χ3v) is 5.57. The molecule has 0 saturated carbocycles. The molecule has 1 saturated heterocycles. The summed E-state index contributed by atoms with van der Waals surface area (Å²) in [4.78, 5) is 24.7. The van der Waals surface area contributed by atoms with Gasteiger partial charge in [-0.15, -0.1) is 0 Å². The van der Waals surface area contributed by atoms with Gasteiger partial charge in [0.2, 0.25) is 0 Å². The van der Waals surface area contributed by atoms with Crippen LogP contribution < -0.4 is 5.56 Å². The lowest BCUT2D eigenvalue weighted by Crippen LogP contribution is -2.48. The van der Waals surface area contributed by atoms with E-state index in [0.29, 0.717) is 16.2 Å². The van der Waals surface area contributed by atoms with E-state index in [0.717, 1.165) is 31.7 Å². The molecule has 0 spiro atoms. The van der Waals surface area contributed by atoms with Gasteiger partial charge in [0.05, 0.1) is 5.75 Å². The Kier molecular flexibility index (Phi) is 4.03. The van der Waals surface area contributed by atoms with E-state index in [1.54, 1.807) is 6.07 Å². The molecule has 21 heavy (non-hydrogen) atoms. The molecule has 1 aromatic heterocycles. The number of nitrogens with zero attached hydrogens (tertiary/aromatic N) is 2. The number of rotatable bonds is 2. The van der Waals surface area contributed by atoms with Crippen LogP contribution in [0.1, 0.15) is 18.0 Å². The van der Waals surface area contributed by atoms with Crippen molar-refractivity contribution in [2.24, 2.45) is 5.92 Å². The van der Waals surface area contributed by atoms with Crippen molar-refractivity contribution in [3.05, 3.63) is 34.2 Å². The van der Waals surface area contributed by atoms with Crippen molar-refractivity contribution >= 4 is 34.3 Å². The van der Waals surface area contributed by atoms with Crippen molar-refractivity contribution in [2.75, 3.05) is 18.8 Å². The van der Waals surface area contributed by atoms with Gasteiger partial charge < -0.3 is 14.6 Å². The molecule has 112 valence electrons. The summed E-state index contributed by atoms with van der Waals surface area (Å²) in [5, 5.41) is 8.75. The molecule has 1 aromatic rings. The topological polar surface area (TPSA) is 62.5 Å². The van der Waals surface area contributed by atoms with E-state index in [9.17, 15) is 9.59 Å². The molecule has 5 nitrogen and oxygen atoms in total. The Morgan fingerprint density at radius 2 is 2.19 bits per heavy atom. The van der Waals surface area contributed by atoms with Crippen LogP contribution in [0.2, 0.25) is 0 Å². The number of carboxylic acids is 1. The molecule has 7 heteroatoms. The minimum atomic E-state index is -0.851. The van der Waals surface area contributed by atoms with Gasteiger partial charge in [-0.2, -0.15) is 0 Å². The van der Waals surface area contributed by atoms with Crippen LogP contribution >= 0.6 is 24.0 Å². The smallest absolute Gasteiger partial charge is 0.313 e. The number of piperidine rings is 1. The highest BCUT2D eigenvalue weighted by Gasteiger charge is 2.35. The highest BCUT2D eigenvalue weighted by Crippen LogP contribution is 2.35. The Labute approximate surface area is 131 Å². The molecule has 2 aliphatic rings. The zero-order valence-corrected chi connectivity index (χ0v) is 13.0. The van der Waals surface area contributed by atoms with Crippen molar-refractivity contribution in [2.45, 2.75) is 18.9 Å². The van der Waals surface area contributed by atoms with Gasteiger partial charge in [0.1, 0.15) is 4.32 Å². The maximum atomic E-state index is 11.9. The van der Waals surface area contributed by atoms with Crippen LogP contribution in [-0.4, -0.2) is 43.7 Å². The summed E-state index contributed by atoms with van der Waals surface area (Å²) >= 11 is 6.56. The molecular weight excluding hydrogens is 308 g/mol. The summed E-state index contributed by atoms with van der Waals surface area (Å²) in [6.07, 6.45) is 1.08. The molecule has 0 aliphatic carbocycles. The first-order valence-electron chi connectivity index (χ1n) is 6.88. The molecule has 2 aliphatic heterocycles. The number of aromatic nitrogens is 1. The van der Waals surface area contributed by atoms with E-state index in [-0.39, 0.29) is 11.3 Å². The summed E-state index contributed by atoms with van der Waals surface area (Å²) in [5.74, 6) is -0.147. The van der Waals surface area contributed by atoms with Gasteiger partial charge in [0, 0.05) is 37.3 Å². The fourth-order valence-electron chi connectivity index (χ4n) is 3.26. The van der Waals surface area contributed by atoms with Crippen LogP contribution in [0.15, 0.2) is 23.0 Å². The molecule has 1 N–H and O–H groups in total. The summed E-state index contributed by atoms with van der Waals surface area (Å²) in [6, 6.07) is 5.43. The first-order chi connectivity index (χ1) is 10.0. The predicted molar refractivity (Wildman–Crippen MR) is 85.8 cm³/mol. The van der Waals surface area contributed by atoms with Gasteiger partial charge in [-0.1, -0.05) is 30.0 Å². The standard InChI is InChI=1S/C14H16N2O3S2/c17-12-3-1-2-11-10-4-9(6-16(11)12)5-15(7-10)14(20)21-8-13(18)19/h1-3,9-10H,4-8H2,(H,18,19)/t9-,10+/m0/s1. The normalized spacial score (nSPS) is 23.5. The maximum Gasteiger partial charge on any atom is 0.313 e. The predicted octanol–water partition coefficient (Wildman–Crippen LogP) is 1.37. The number of pyridine rings is 1. The fraction of sp³-hybridized carbons (Fsp3) is 0.500. The molecule has 0 radical (unpaired) electrons. The lowest BCUT2D eigenvalue weighted by Gasteiger charge is -2.43. The first-order valence-corrected chi connectivity index (χ1v) is 8.27. The van der Waals surface area contributed by atoms with Crippen molar-refractivity contribution < 1.29 is 9.90 Å². The molecule has 2 atom stereocenters. The quantitative estimate of drug-likeness (QED) is 0.829. The monoisotopic (exact) mass is 324 g/mol. The Hall–Kier alpha value is -1.34. The summed E-state index contributed by atoms with van der Waals surface area (Å²) in [6.45, 7) is 2.31. The average molecular weight is 324 g/mol. The summed E-state index contributed by atoms with van der Waals surface area (Å²) in [5.41, 5.74) is 1.15. The Morgan fingerprint density at radius 3 is 2.95 bits per heavy atom. The van der Waals surface area contributed by atoms with Crippen molar-refractivity contribution in [3.63, 3.8) is 0 Å². The second-order valence-corrected chi connectivity index (χ2v) is 7.16. The van der Waals surface area contributed by atoms with Crippen LogP contribution in [0.25, 0.3) is 0 Å². The molecule has 3 heterocycles. The van der Waals surface area contributed by atoms with E-state index < -0.39 is 5.97 Å². The van der Waals surface area contributed by atoms with Crippen LogP contribution in [-0.2, 0) is 11.3 Å². The van der Waals surface area contributed by atoms with Crippen molar-refractivity contribution in [3.8, 4) is 0 Å². The van der Waals surface area contributed by atoms with Gasteiger partial charge in [-0.05, 0) is 18.4 Å². The number of hydrogen-bond acceptors (Lipinski definition) is 4. The zero-order chi connectivity index (χ0) is 15.0. The minimum Gasteiger partial charge on any atom is -0.481 e. The Balaban J connectivity index is 1.77. The van der Waals surface area contributed by atoms with E-state index in [2.05, 4.69) is 4.90 Å². The second-order valence-electron chi connectivity index (χ2n) is 5.55. The highest BCUT2D eigenvalue weighted by atomic mass is 32.2. The third-order valence-electron chi connectivity index (χ3n) is 4.06. The Bertz CT molecular complexity index is 643. The van der Waals surface area contributed by atoms with Gasteiger partial charge >= 0.3 is 5.97 Å². The number of hydrogen-bond donors (Lipinski definition) is 1. The number of aliphatic carboxylic acids is 1. The minimum absolute atomic E-state index is 0.000706. The van der Waals surface area contributed by atoms with E-state index in [4.69, 9.17) is 17.3 Å². The molecule has 3 rings (SSSR count). The van der Waals surface area contributed by atoms with Crippen LogP contribution in [0.3, 0.4) is 0 Å². The molecule has 0 aromatic carbocycles. The Morgan fingerprint density at radius 1 is 1.38 bits per heavy atom. The SMILES string of the molecule is O=C(O)CSC(=S)N1C[C@@H]2C[C@H](C1)c1cccc(=O)n1C2. The van der Waals surface area contributed by atoms with E-state index >= 15 is 0 Å². The summed E-state index contributed by atoms with van der Waals surface area (Å²) in [7, 11) is 0. The number of carbonyl (C=O) groups is 1.